The second kappa shape index (κ2) is 9.86. The Morgan fingerprint density at radius 3 is 2.44 bits per heavy atom. The smallest absolute Gasteiger partial charge is 0.370 e. The normalized spacial score (nSPS) is 16.2. The van der Waals surface area contributed by atoms with Crippen molar-refractivity contribution >= 4 is 29.1 Å². The summed E-state index contributed by atoms with van der Waals surface area (Å²) in [7, 11) is 0. The number of morpholine rings is 1. The highest BCUT2D eigenvalue weighted by Gasteiger charge is 2.38. The van der Waals surface area contributed by atoms with Crippen molar-refractivity contribution in [2.75, 3.05) is 43.1 Å². The second-order valence-electron chi connectivity index (χ2n) is 8.75. The van der Waals surface area contributed by atoms with Gasteiger partial charge in [0.2, 0.25) is 5.91 Å². The molecule has 3 N–H and O–H groups in total. The fourth-order valence-electron chi connectivity index (χ4n) is 3.53. The number of nitrogens with two attached hydrogens (primary N) is 1. The number of nitrogens with one attached hydrogen (secondary N) is 1. The Kier molecular flexibility index (Phi) is 7.89. The molecule has 1 aromatic rings. The number of amides is 3. The Balaban J connectivity index is 2.35. The average molecular weight is 458 g/mol. The van der Waals surface area contributed by atoms with Crippen molar-refractivity contribution in [3.05, 3.63) is 23.8 Å². The van der Waals surface area contributed by atoms with Gasteiger partial charge < -0.3 is 20.7 Å². The summed E-state index contributed by atoms with van der Waals surface area (Å²) in [6.45, 7) is 8.02. The van der Waals surface area contributed by atoms with E-state index in [2.05, 4.69) is 5.32 Å². The van der Waals surface area contributed by atoms with Crippen LogP contribution in [-0.4, -0.2) is 61.5 Å². The molecular weight excluding hydrogens is 429 g/mol. The molecule has 2 rings (SSSR count). The van der Waals surface area contributed by atoms with Gasteiger partial charge in [0.25, 0.3) is 11.8 Å². The van der Waals surface area contributed by atoms with Crippen LogP contribution in [-0.2, 0) is 25.3 Å². The summed E-state index contributed by atoms with van der Waals surface area (Å²) >= 11 is 0. The number of ether oxygens (including phenoxy) is 1. The van der Waals surface area contributed by atoms with E-state index in [1.165, 1.54) is 6.07 Å². The van der Waals surface area contributed by atoms with E-state index in [-0.39, 0.29) is 36.5 Å². The standard InChI is InChI=1S/C21H29F3N4O4/c1-5-27(12-20(2,3)4)17(18(25)30)19(31)26-13-6-7-15(14(10-13)21(22,23)24)28-8-9-32-11-16(28)29/h6-7,10,17H,5,8-9,11-12H2,1-4H3,(H2,25,30)(H,26,31)/t17-/m0/s1. The lowest BCUT2D eigenvalue weighted by Gasteiger charge is -2.33. The number of nitrogens with zero attached hydrogens (tertiary/aromatic N) is 2. The van der Waals surface area contributed by atoms with Gasteiger partial charge >= 0.3 is 6.18 Å². The maximum atomic E-state index is 13.7. The molecule has 0 spiro atoms. The molecule has 1 aliphatic rings. The van der Waals surface area contributed by atoms with Crippen LogP contribution < -0.4 is 16.0 Å². The molecule has 8 nitrogen and oxygen atoms in total. The van der Waals surface area contributed by atoms with E-state index in [0.29, 0.717) is 13.1 Å². The molecule has 1 aromatic carbocycles. The highest BCUT2D eigenvalue weighted by Crippen LogP contribution is 2.38. The Morgan fingerprint density at radius 2 is 1.94 bits per heavy atom. The third-order valence-electron chi connectivity index (χ3n) is 4.81. The van der Waals surface area contributed by atoms with Crippen LogP contribution in [0.1, 0.15) is 33.3 Å². The summed E-state index contributed by atoms with van der Waals surface area (Å²) < 4.78 is 46.2. The first-order valence-corrected chi connectivity index (χ1v) is 10.2. The lowest BCUT2D eigenvalue weighted by molar-refractivity contribution is -0.138. The fourth-order valence-corrected chi connectivity index (χ4v) is 3.53. The van der Waals surface area contributed by atoms with E-state index >= 15 is 0 Å². The largest absolute Gasteiger partial charge is 0.418 e. The van der Waals surface area contributed by atoms with Crippen molar-refractivity contribution < 1.29 is 32.3 Å². The number of hydrogen-bond donors (Lipinski definition) is 2. The number of carbonyl (C=O) groups excluding carboxylic acids is 3. The molecule has 0 unspecified atom stereocenters. The molecule has 11 heteroatoms. The number of benzene rings is 1. The van der Waals surface area contributed by atoms with Crippen molar-refractivity contribution in [3.63, 3.8) is 0 Å². The molecule has 0 saturated carbocycles. The molecule has 0 radical (unpaired) electrons. The predicted octanol–water partition coefficient (Wildman–Crippen LogP) is 2.23. The minimum Gasteiger partial charge on any atom is -0.370 e. The van der Waals surface area contributed by atoms with E-state index < -0.39 is 35.5 Å². The molecular formula is C21H29F3N4O4. The lowest BCUT2D eigenvalue weighted by Crippen LogP contribution is -2.54. The first-order valence-electron chi connectivity index (χ1n) is 10.2. The first kappa shape index (κ1) is 25.6. The van der Waals surface area contributed by atoms with Gasteiger partial charge in [-0.15, -0.1) is 0 Å². The SMILES string of the molecule is CCN(CC(C)(C)C)[C@@H](C(N)=O)C(=O)Nc1ccc(N2CCOCC2=O)c(C(F)(F)F)c1. The summed E-state index contributed by atoms with van der Waals surface area (Å²) in [6, 6.07) is 1.76. The van der Waals surface area contributed by atoms with Gasteiger partial charge in [0.15, 0.2) is 6.04 Å². The Labute approximate surface area is 184 Å². The number of halogens is 3. The number of primary amides is 1. The topological polar surface area (TPSA) is 105 Å². The van der Waals surface area contributed by atoms with Crippen LogP contribution in [0.25, 0.3) is 0 Å². The van der Waals surface area contributed by atoms with Crippen molar-refractivity contribution in [3.8, 4) is 0 Å². The Bertz CT molecular complexity index is 868. The quantitative estimate of drug-likeness (QED) is 0.610. The van der Waals surface area contributed by atoms with Crippen molar-refractivity contribution in [1.29, 1.82) is 0 Å². The molecule has 1 saturated heterocycles. The molecule has 1 atom stereocenters. The van der Waals surface area contributed by atoms with Crippen molar-refractivity contribution in [1.82, 2.24) is 4.90 Å². The third-order valence-corrected chi connectivity index (χ3v) is 4.81. The maximum absolute atomic E-state index is 13.7. The van der Waals surface area contributed by atoms with Crippen LogP contribution in [0.2, 0.25) is 0 Å². The van der Waals surface area contributed by atoms with Crippen LogP contribution in [0, 0.1) is 5.41 Å². The van der Waals surface area contributed by atoms with E-state index in [1.54, 1.807) is 11.8 Å². The van der Waals surface area contributed by atoms with Gasteiger partial charge in [-0.25, -0.2) is 0 Å². The molecule has 3 amide bonds. The van der Waals surface area contributed by atoms with Gasteiger partial charge in [0.1, 0.15) is 6.61 Å². The van der Waals surface area contributed by atoms with Gasteiger partial charge in [0, 0.05) is 18.8 Å². The van der Waals surface area contributed by atoms with Crippen LogP contribution in [0.3, 0.4) is 0 Å². The van der Waals surface area contributed by atoms with E-state index in [1.807, 2.05) is 20.8 Å². The third kappa shape index (κ3) is 6.42. The van der Waals surface area contributed by atoms with Crippen molar-refractivity contribution in [2.45, 2.75) is 39.9 Å². The number of alkyl halides is 3. The average Bonchev–Trinajstić information content (AvgIpc) is 2.66. The summed E-state index contributed by atoms with van der Waals surface area (Å²) in [5, 5.41) is 2.37. The minimum absolute atomic E-state index is 0.0182. The Hall–Kier alpha value is -2.66. The Morgan fingerprint density at radius 1 is 1.28 bits per heavy atom. The van der Waals surface area contributed by atoms with Gasteiger partial charge in [-0.3, -0.25) is 19.3 Å². The summed E-state index contributed by atoms with van der Waals surface area (Å²) in [4.78, 5) is 39.5. The zero-order valence-corrected chi connectivity index (χ0v) is 18.6. The van der Waals surface area contributed by atoms with Gasteiger partial charge in [-0.05, 0) is 30.2 Å². The number of likely N-dealkylation sites (N-methyl/N-ethyl adjacent to an activating group) is 1. The van der Waals surface area contributed by atoms with Crippen LogP contribution >= 0.6 is 0 Å². The van der Waals surface area contributed by atoms with Crippen LogP contribution in [0.5, 0.6) is 0 Å². The lowest BCUT2D eigenvalue weighted by atomic mass is 9.95. The van der Waals surface area contributed by atoms with Gasteiger partial charge in [0.05, 0.1) is 17.9 Å². The fraction of sp³-hybridized carbons (Fsp3) is 0.571. The number of carbonyl (C=O) groups is 3. The van der Waals surface area contributed by atoms with E-state index in [9.17, 15) is 27.6 Å². The molecule has 1 aliphatic heterocycles. The highest BCUT2D eigenvalue weighted by molar-refractivity contribution is 6.09. The monoisotopic (exact) mass is 458 g/mol. The van der Waals surface area contributed by atoms with E-state index in [4.69, 9.17) is 10.5 Å². The number of rotatable bonds is 7. The summed E-state index contributed by atoms with van der Waals surface area (Å²) in [6.07, 6.45) is -4.78. The maximum Gasteiger partial charge on any atom is 0.418 e. The molecule has 0 aromatic heterocycles. The molecule has 1 fully saturated rings. The molecule has 0 aliphatic carbocycles. The molecule has 1 heterocycles. The molecule has 178 valence electrons. The molecule has 0 bridgehead atoms. The van der Waals surface area contributed by atoms with Crippen molar-refractivity contribution in [2.24, 2.45) is 11.1 Å². The molecule has 32 heavy (non-hydrogen) atoms. The number of anilines is 2. The summed E-state index contributed by atoms with van der Waals surface area (Å²) in [5.74, 6) is -2.32. The minimum atomic E-state index is -4.78. The van der Waals surface area contributed by atoms with Crippen LogP contribution in [0.4, 0.5) is 24.5 Å². The zero-order chi connectivity index (χ0) is 24.3. The zero-order valence-electron chi connectivity index (χ0n) is 18.6. The van der Waals surface area contributed by atoms with Gasteiger partial charge in [-0.1, -0.05) is 27.7 Å². The first-order chi connectivity index (χ1) is 14.7. The van der Waals surface area contributed by atoms with Crippen LogP contribution in [0.15, 0.2) is 18.2 Å². The van der Waals surface area contributed by atoms with Gasteiger partial charge in [-0.2, -0.15) is 13.2 Å². The second-order valence-corrected chi connectivity index (χ2v) is 8.75. The highest BCUT2D eigenvalue weighted by atomic mass is 19.4. The predicted molar refractivity (Wildman–Crippen MR) is 113 cm³/mol. The summed E-state index contributed by atoms with van der Waals surface area (Å²) in [5.41, 5.74) is 3.63. The van der Waals surface area contributed by atoms with E-state index in [0.717, 1.165) is 17.0 Å². The number of hydrogen-bond acceptors (Lipinski definition) is 5.